The SMILES string of the molecule is CC(N)c1nnc(-c2ccc3c(c2)CCC3)s1. The number of rotatable bonds is 2. The Bertz CT molecular complexity index is 545. The Morgan fingerprint density at radius 1 is 1.24 bits per heavy atom. The zero-order chi connectivity index (χ0) is 11.8. The smallest absolute Gasteiger partial charge is 0.147 e. The molecule has 0 bridgehead atoms. The third-order valence-corrected chi connectivity index (χ3v) is 4.35. The summed E-state index contributed by atoms with van der Waals surface area (Å²) in [6.07, 6.45) is 3.69. The minimum Gasteiger partial charge on any atom is -0.322 e. The number of benzene rings is 1. The fourth-order valence-corrected chi connectivity index (χ4v) is 3.03. The van der Waals surface area contributed by atoms with Gasteiger partial charge in [-0.2, -0.15) is 0 Å². The van der Waals surface area contributed by atoms with E-state index in [4.69, 9.17) is 5.73 Å². The molecule has 2 N–H and O–H groups in total. The van der Waals surface area contributed by atoms with Crippen LogP contribution in [0.3, 0.4) is 0 Å². The van der Waals surface area contributed by atoms with E-state index in [1.807, 2.05) is 6.92 Å². The summed E-state index contributed by atoms with van der Waals surface area (Å²) >= 11 is 1.59. The topological polar surface area (TPSA) is 51.8 Å². The van der Waals surface area contributed by atoms with Crippen molar-refractivity contribution in [1.82, 2.24) is 10.2 Å². The summed E-state index contributed by atoms with van der Waals surface area (Å²) in [5.74, 6) is 0. The van der Waals surface area contributed by atoms with Gasteiger partial charge in [0.25, 0.3) is 0 Å². The minimum absolute atomic E-state index is 0.0318. The first-order valence-corrected chi connectivity index (χ1v) is 6.77. The number of nitrogens with zero attached hydrogens (tertiary/aromatic N) is 2. The van der Waals surface area contributed by atoms with E-state index in [1.165, 1.54) is 36.0 Å². The molecule has 3 nitrogen and oxygen atoms in total. The van der Waals surface area contributed by atoms with Crippen LogP contribution in [0.15, 0.2) is 18.2 Å². The first kappa shape index (κ1) is 10.9. The molecule has 3 rings (SSSR count). The van der Waals surface area contributed by atoms with Crippen LogP contribution in [0.1, 0.15) is 35.5 Å². The molecule has 1 aliphatic rings. The van der Waals surface area contributed by atoms with Crippen LogP contribution in [0.4, 0.5) is 0 Å². The van der Waals surface area contributed by atoms with Crippen molar-refractivity contribution in [2.75, 3.05) is 0 Å². The predicted octanol–water partition coefficient (Wildman–Crippen LogP) is 2.71. The standard InChI is InChI=1S/C13H15N3S/c1-8(14)12-15-16-13(17-12)11-6-5-9-3-2-4-10(9)7-11/h5-8H,2-4,14H2,1H3. The maximum absolute atomic E-state index is 5.80. The van der Waals surface area contributed by atoms with Crippen molar-refractivity contribution in [2.45, 2.75) is 32.2 Å². The lowest BCUT2D eigenvalue weighted by Gasteiger charge is -2.01. The van der Waals surface area contributed by atoms with E-state index >= 15 is 0 Å². The summed E-state index contributed by atoms with van der Waals surface area (Å²) in [5, 5.41) is 10.2. The molecule has 0 aliphatic heterocycles. The average Bonchev–Trinajstić information content (AvgIpc) is 2.97. The number of fused-ring (bicyclic) bond motifs is 1. The molecule has 4 heteroatoms. The Morgan fingerprint density at radius 2 is 2.06 bits per heavy atom. The first-order valence-electron chi connectivity index (χ1n) is 5.95. The number of aromatic nitrogens is 2. The molecule has 1 aromatic heterocycles. The Kier molecular flexibility index (Phi) is 2.68. The van der Waals surface area contributed by atoms with E-state index < -0.39 is 0 Å². The van der Waals surface area contributed by atoms with E-state index in [9.17, 15) is 0 Å². The van der Waals surface area contributed by atoms with E-state index in [2.05, 4.69) is 28.4 Å². The lowest BCUT2D eigenvalue weighted by molar-refractivity contribution is 0.786. The van der Waals surface area contributed by atoms with Gasteiger partial charge in [-0.3, -0.25) is 0 Å². The Hall–Kier alpha value is -1.26. The summed E-state index contributed by atoms with van der Waals surface area (Å²) in [5.41, 5.74) is 9.94. The highest BCUT2D eigenvalue weighted by Crippen LogP contribution is 2.30. The first-order chi connectivity index (χ1) is 8.24. The van der Waals surface area contributed by atoms with Crippen molar-refractivity contribution in [2.24, 2.45) is 5.73 Å². The molecule has 1 aliphatic carbocycles. The molecule has 88 valence electrons. The predicted molar refractivity (Wildman–Crippen MR) is 70.0 cm³/mol. The lowest BCUT2D eigenvalue weighted by Crippen LogP contribution is -2.03. The highest BCUT2D eigenvalue weighted by molar-refractivity contribution is 7.14. The van der Waals surface area contributed by atoms with Gasteiger partial charge in [-0.25, -0.2) is 0 Å². The fourth-order valence-electron chi connectivity index (χ4n) is 2.24. The van der Waals surface area contributed by atoms with Crippen molar-refractivity contribution in [3.63, 3.8) is 0 Å². The minimum atomic E-state index is -0.0318. The molecule has 1 aromatic carbocycles. The zero-order valence-corrected chi connectivity index (χ0v) is 10.6. The quantitative estimate of drug-likeness (QED) is 0.885. The molecular weight excluding hydrogens is 230 g/mol. The molecule has 0 fully saturated rings. The van der Waals surface area contributed by atoms with Crippen LogP contribution in [0.5, 0.6) is 0 Å². The maximum Gasteiger partial charge on any atom is 0.147 e. The van der Waals surface area contributed by atoms with Crippen LogP contribution in [-0.2, 0) is 12.8 Å². The molecular formula is C13H15N3S. The van der Waals surface area contributed by atoms with Gasteiger partial charge < -0.3 is 5.73 Å². The molecule has 17 heavy (non-hydrogen) atoms. The molecule has 0 saturated carbocycles. The fraction of sp³-hybridized carbons (Fsp3) is 0.385. The number of hydrogen-bond donors (Lipinski definition) is 1. The van der Waals surface area contributed by atoms with E-state index in [0.29, 0.717) is 0 Å². The molecule has 0 spiro atoms. The van der Waals surface area contributed by atoms with Gasteiger partial charge in [0.1, 0.15) is 10.0 Å². The van der Waals surface area contributed by atoms with Crippen LogP contribution in [0, 0.1) is 0 Å². The summed E-state index contributed by atoms with van der Waals surface area (Å²) < 4.78 is 0. The van der Waals surface area contributed by atoms with E-state index in [0.717, 1.165) is 10.0 Å². The van der Waals surface area contributed by atoms with Crippen molar-refractivity contribution < 1.29 is 0 Å². The third-order valence-electron chi connectivity index (χ3n) is 3.18. The number of hydrogen-bond acceptors (Lipinski definition) is 4. The highest BCUT2D eigenvalue weighted by Gasteiger charge is 2.14. The van der Waals surface area contributed by atoms with Gasteiger partial charge in [0.05, 0.1) is 6.04 Å². The second-order valence-corrected chi connectivity index (χ2v) is 5.58. The molecule has 1 unspecified atom stereocenters. The Balaban J connectivity index is 1.97. The van der Waals surface area contributed by atoms with Crippen LogP contribution in [-0.4, -0.2) is 10.2 Å². The molecule has 0 saturated heterocycles. The highest BCUT2D eigenvalue weighted by atomic mass is 32.1. The lowest BCUT2D eigenvalue weighted by atomic mass is 10.1. The molecule has 0 amide bonds. The second kappa shape index (κ2) is 4.20. The van der Waals surface area contributed by atoms with Gasteiger partial charge in [0.15, 0.2) is 0 Å². The average molecular weight is 245 g/mol. The van der Waals surface area contributed by atoms with Gasteiger partial charge in [-0.05, 0) is 43.4 Å². The molecule has 1 atom stereocenters. The van der Waals surface area contributed by atoms with Crippen molar-refractivity contribution in [1.29, 1.82) is 0 Å². The van der Waals surface area contributed by atoms with Gasteiger partial charge in [0, 0.05) is 5.56 Å². The second-order valence-electron chi connectivity index (χ2n) is 4.57. The Morgan fingerprint density at radius 3 is 2.82 bits per heavy atom. The Labute approximate surface area is 105 Å². The molecule has 2 aromatic rings. The van der Waals surface area contributed by atoms with Crippen molar-refractivity contribution in [3.8, 4) is 10.6 Å². The van der Waals surface area contributed by atoms with Gasteiger partial charge >= 0.3 is 0 Å². The molecule has 0 radical (unpaired) electrons. The van der Waals surface area contributed by atoms with Crippen molar-refractivity contribution in [3.05, 3.63) is 34.3 Å². The monoisotopic (exact) mass is 245 g/mol. The van der Waals surface area contributed by atoms with Crippen LogP contribution in [0.2, 0.25) is 0 Å². The molecule has 1 heterocycles. The van der Waals surface area contributed by atoms with Crippen LogP contribution in [0.25, 0.3) is 10.6 Å². The summed E-state index contributed by atoms with van der Waals surface area (Å²) in [4.78, 5) is 0. The van der Waals surface area contributed by atoms with E-state index in [1.54, 1.807) is 11.3 Å². The zero-order valence-electron chi connectivity index (χ0n) is 9.81. The van der Waals surface area contributed by atoms with Gasteiger partial charge in [-0.15, -0.1) is 10.2 Å². The third kappa shape index (κ3) is 1.98. The van der Waals surface area contributed by atoms with Gasteiger partial charge in [-0.1, -0.05) is 23.5 Å². The van der Waals surface area contributed by atoms with Crippen LogP contribution < -0.4 is 5.73 Å². The van der Waals surface area contributed by atoms with E-state index in [-0.39, 0.29) is 6.04 Å². The normalized spacial score (nSPS) is 15.9. The largest absolute Gasteiger partial charge is 0.322 e. The van der Waals surface area contributed by atoms with Crippen molar-refractivity contribution >= 4 is 11.3 Å². The number of nitrogens with two attached hydrogens (primary N) is 1. The van der Waals surface area contributed by atoms with Crippen LogP contribution >= 0.6 is 11.3 Å². The number of aryl methyl sites for hydroxylation is 2. The summed E-state index contributed by atoms with van der Waals surface area (Å²) in [6, 6.07) is 6.60. The summed E-state index contributed by atoms with van der Waals surface area (Å²) in [7, 11) is 0. The van der Waals surface area contributed by atoms with Gasteiger partial charge in [0.2, 0.25) is 0 Å². The maximum atomic E-state index is 5.80. The summed E-state index contributed by atoms with van der Waals surface area (Å²) in [6.45, 7) is 1.94.